The summed E-state index contributed by atoms with van der Waals surface area (Å²) in [4.78, 5) is 16.2. The Kier molecular flexibility index (Phi) is 6.05. The van der Waals surface area contributed by atoms with Gasteiger partial charge in [-0.1, -0.05) is 24.6 Å². The minimum atomic E-state index is 0.0172. The molecule has 128 valence electrons. The smallest absolute Gasteiger partial charge is 0.251 e. The molecule has 1 aliphatic heterocycles. The van der Waals surface area contributed by atoms with Crippen molar-refractivity contribution in [3.05, 3.63) is 57.8 Å². The number of piperidine rings is 1. The molecule has 3 nitrogen and oxygen atoms in total. The van der Waals surface area contributed by atoms with Crippen LogP contribution in [0.5, 0.6) is 0 Å². The quantitative estimate of drug-likeness (QED) is 0.857. The Morgan fingerprint density at radius 2 is 1.92 bits per heavy atom. The summed E-state index contributed by atoms with van der Waals surface area (Å²) in [6, 6.07) is 12.4. The van der Waals surface area contributed by atoms with Crippen LogP contribution in [0.1, 0.15) is 47.0 Å². The van der Waals surface area contributed by atoms with E-state index in [0.29, 0.717) is 0 Å². The summed E-state index contributed by atoms with van der Waals surface area (Å²) in [5.74, 6) is 0.0172. The summed E-state index contributed by atoms with van der Waals surface area (Å²) in [7, 11) is 0. The third-order valence-electron chi connectivity index (χ3n) is 4.54. The third kappa shape index (κ3) is 4.92. The van der Waals surface area contributed by atoms with Gasteiger partial charge in [0.25, 0.3) is 5.91 Å². The van der Waals surface area contributed by atoms with Gasteiger partial charge in [-0.2, -0.15) is 0 Å². The monoisotopic (exact) mass is 342 g/mol. The molecule has 2 aromatic rings. The SMILES string of the molecule is C[C@@H](Cc1cccs1)NC(=O)c1ccc(CN2CCCCC2)cc1. The highest BCUT2D eigenvalue weighted by molar-refractivity contribution is 7.09. The van der Waals surface area contributed by atoms with Crippen molar-refractivity contribution in [2.24, 2.45) is 0 Å². The molecule has 1 atom stereocenters. The van der Waals surface area contributed by atoms with E-state index in [0.717, 1.165) is 18.5 Å². The number of benzene rings is 1. The van der Waals surface area contributed by atoms with Crippen molar-refractivity contribution < 1.29 is 4.79 Å². The third-order valence-corrected chi connectivity index (χ3v) is 5.43. The second kappa shape index (κ2) is 8.45. The van der Waals surface area contributed by atoms with E-state index < -0.39 is 0 Å². The van der Waals surface area contributed by atoms with Crippen LogP contribution in [0.3, 0.4) is 0 Å². The molecule has 0 bridgehead atoms. The van der Waals surface area contributed by atoms with Gasteiger partial charge in [-0.15, -0.1) is 11.3 Å². The van der Waals surface area contributed by atoms with Gasteiger partial charge in [0.2, 0.25) is 0 Å². The van der Waals surface area contributed by atoms with Gasteiger partial charge in [0.1, 0.15) is 0 Å². The highest BCUT2D eigenvalue weighted by atomic mass is 32.1. The number of carbonyl (C=O) groups excluding carboxylic acids is 1. The van der Waals surface area contributed by atoms with E-state index in [4.69, 9.17) is 0 Å². The Morgan fingerprint density at radius 3 is 2.58 bits per heavy atom. The molecule has 4 heteroatoms. The molecule has 0 unspecified atom stereocenters. The van der Waals surface area contributed by atoms with Gasteiger partial charge in [-0.3, -0.25) is 9.69 Å². The maximum atomic E-state index is 12.4. The van der Waals surface area contributed by atoms with Crippen LogP contribution in [0, 0.1) is 0 Å². The lowest BCUT2D eigenvalue weighted by Gasteiger charge is -2.26. The number of carbonyl (C=O) groups is 1. The fraction of sp³-hybridized carbons (Fsp3) is 0.450. The van der Waals surface area contributed by atoms with Gasteiger partial charge in [0, 0.05) is 29.4 Å². The minimum Gasteiger partial charge on any atom is -0.349 e. The van der Waals surface area contributed by atoms with E-state index in [1.54, 1.807) is 11.3 Å². The van der Waals surface area contributed by atoms with Crippen molar-refractivity contribution >= 4 is 17.2 Å². The van der Waals surface area contributed by atoms with Crippen LogP contribution in [-0.4, -0.2) is 29.9 Å². The van der Waals surface area contributed by atoms with Crippen molar-refractivity contribution in [1.29, 1.82) is 0 Å². The standard InChI is InChI=1S/C20H26N2OS/c1-16(14-19-6-5-13-24-19)21-20(23)18-9-7-17(8-10-18)15-22-11-3-2-4-12-22/h5-10,13,16H,2-4,11-12,14-15H2,1H3,(H,21,23)/t16-/m0/s1. The Hall–Kier alpha value is -1.65. The fourth-order valence-corrected chi connectivity index (χ4v) is 4.06. The number of nitrogens with zero attached hydrogens (tertiary/aromatic N) is 1. The van der Waals surface area contributed by atoms with E-state index in [1.807, 2.05) is 12.1 Å². The average Bonchev–Trinajstić information content (AvgIpc) is 3.09. The molecular formula is C20H26N2OS. The van der Waals surface area contributed by atoms with Crippen LogP contribution in [0.25, 0.3) is 0 Å². The summed E-state index contributed by atoms with van der Waals surface area (Å²) >= 11 is 1.74. The Morgan fingerprint density at radius 1 is 1.17 bits per heavy atom. The summed E-state index contributed by atoms with van der Waals surface area (Å²) in [6.07, 6.45) is 4.86. The Bertz CT molecular complexity index is 630. The molecule has 1 fully saturated rings. The van der Waals surface area contributed by atoms with Gasteiger partial charge in [-0.05, 0) is 62.0 Å². The predicted molar refractivity (Wildman–Crippen MR) is 101 cm³/mol. The lowest BCUT2D eigenvalue weighted by atomic mass is 10.1. The van der Waals surface area contributed by atoms with Crippen LogP contribution >= 0.6 is 11.3 Å². The first-order valence-electron chi connectivity index (χ1n) is 8.85. The first-order valence-corrected chi connectivity index (χ1v) is 9.73. The van der Waals surface area contributed by atoms with E-state index in [1.165, 1.54) is 42.8 Å². The van der Waals surface area contributed by atoms with Gasteiger partial charge < -0.3 is 5.32 Å². The summed E-state index contributed by atoms with van der Waals surface area (Å²) in [5, 5.41) is 5.17. The van der Waals surface area contributed by atoms with E-state index >= 15 is 0 Å². The van der Waals surface area contributed by atoms with Crippen molar-refractivity contribution in [2.45, 2.75) is 45.2 Å². The van der Waals surface area contributed by atoms with Crippen molar-refractivity contribution in [1.82, 2.24) is 10.2 Å². The average molecular weight is 343 g/mol. The zero-order chi connectivity index (χ0) is 16.8. The number of amides is 1. The molecule has 0 saturated carbocycles. The van der Waals surface area contributed by atoms with Gasteiger partial charge in [0.05, 0.1) is 0 Å². The maximum absolute atomic E-state index is 12.4. The summed E-state index contributed by atoms with van der Waals surface area (Å²) in [5.41, 5.74) is 2.04. The fourth-order valence-electron chi connectivity index (χ4n) is 3.23. The molecule has 2 heterocycles. The van der Waals surface area contributed by atoms with Crippen LogP contribution in [0.2, 0.25) is 0 Å². The number of likely N-dealkylation sites (tertiary alicyclic amines) is 1. The maximum Gasteiger partial charge on any atom is 0.251 e. The molecule has 0 spiro atoms. The van der Waals surface area contributed by atoms with Crippen molar-refractivity contribution in [3.8, 4) is 0 Å². The van der Waals surface area contributed by atoms with Crippen LogP contribution in [-0.2, 0) is 13.0 Å². The second-order valence-corrected chi connectivity index (χ2v) is 7.72. The lowest BCUT2D eigenvalue weighted by Crippen LogP contribution is -2.33. The molecule has 24 heavy (non-hydrogen) atoms. The van der Waals surface area contributed by atoms with Crippen molar-refractivity contribution in [3.63, 3.8) is 0 Å². The first-order chi connectivity index (χ1) is 11.7. The molecule has 1 aromatic heterocycles. The molecule has 0 radical (unpaired) electrons. The number of rotatable bonds is 6. The van der Waals surface area contributed by atoms with Gasteiger partial charge >= 0.3 is 0 Å². The molecule has 1 N–H and O–H groups in total. The van der Waals surface area contributed by atoms with E-state index in [2.05, 4.69) is 46.8 Å². The zero-order valence-corrected chi connectivity index (χ0v) is 15.1. The lowest BCUT2D eigenvalue weighted by molar-refractivity contribution is 0.0940. The number of nitrogens with one attached hydrogen (secondary N) is 1. The Balaban J connectivity index is 1.51. The highest BCUT2D eigenvalue weighted by Gasteiger charge is 2.13. The molecule has 3 rings (SSSR count). The topological polar surface area (TPSA) is 32.3 Å². The molecular weight excluding hydrogens is 316 g/mol. The number of hydrogen-bond donors (Lipinski definition) is 1. The molecule has 1 saturated heterocycles. The number of thiophene rings is 1. The molecule has 1 amide bonds. The minimum absolute atomic E-state index is 0.0172. The highest BCUT2D eigenvalue weighted by Crippen LogP contribution is 2.14. The van der Waals surface area contributed by atoms with Crippen LogP contribution in [0.4, 0.5) is 0 Å². The first kappa shape index (κ1) is 17.2. The number of hydrogen-bond acceptors (Lipinski definition) is 3. The van der Waals surface area contributed by atoms with E-state index in [9.17, 15) is 4.79 Å². The van der Waals surface area contributed by atoms with Gasteiger partial charge in [-0.25, -0.2) is 0 Å². The normalized spacial score (nSPS) is 16.7. The second-order valence-electron chi connectivity index (χ2n) is 6.69. The predicted octanol–water partition coefficient (Wildman–Crippen LogP) is 4.10. The molecule has 1 aromatic carbocycles. The zero-order valence-electron chi connectivity index (χ0n) is 14.3. The van der Waals surface area contributed by atoms with Crippen LogP contribution in [0.15, 0.2) is 41.8 Å². The largest absolute Gasteiger partial charge is 0.349 e. The summed E-state index contributed by atoms with van der Waals surface area (Å²) in [6.45, 7) is 5.45. The van der Waals surface area contributed by atoms with Crippen LogP contribution < -0.4 is 5.32 Å². The van der Waals surface area contributed by atoms with Gasteiger partial charge in [0.15, 0.2) is 0 Å². The Labute approximate surface area is 148 Å². The summed E-state index contributed by atoms with van der Waals surface area (Å²) < 4.78 is 0. The molecule has 1 aliphatic rings. The van der Waals surface area contributed by atoms with Crippen molar-refractivity contribution in [2.75, 3.05) is 13.1 Å². The van der Waals surface area contributed by atoms with E-state index in [-0.39, 0.29) is 11.9 Å². The molecule has 0 aliphatic carbocycles.